The van der Waals surface area contributed by atoms with E-state index in [2.05, 4.69) is 40.8 Å². The van der Waals surface area contributed by atoms with Crippen molar-refractivity contribution in [2.75, 3.05) is 32.2 Å². The predicted molar refractivity (Wildman–Crippen MR) is 163 cm³/mol. The minimum absolute atomic E-state index is 0.106. The molecule has 1 aliphatic heterocycles. The van der Waals surface area contributed by atoms with Gasteiger partial charge in [-0.3, -0.25) is 20.4 Å². The number of nitrogens with zero attached hydrogens (tertiary/aromatic N) is 3. The summed E-state index contributed by atoms with van der Waals surface area (Å²) in [5, 5.41) is 12.7. The van der Waals surface area contributed by atoms with Crippen molar-refractivity contribution in [3.8, 4) is 11.8 Å². The van der Waals surface area contributed by atoms with Crippen LogP contribution in [0.15, 0.2) is 24.3 Å². The topological polar surface area (TPSA) is 140 Å². The van der Waals surface area contributed by atoms with Gasteiger partial charge in [-0.1, -0.05) is 19.6 Å². The van der Waals surface area contributed by atoms with Gasteiger partial charge in [-0.2, -0.15) is 18.4 Å². The van der Waals surface area contributed by atoms with Gasteiger partial charge in [0.1, 0.15) is 19.1 Å². The zero-order chi connectivity index (χ0) is 33.2. The minimum Gasteiger partial charge on any atom is -0.496 e. The normalized spacial score (nSPS) is 14.3. The average Bonchev–Trinajstić information content (AvgIpc) is 3.59. The molecule has 1 aliphatic rings. The van der Waals surface area contributed by atoms with E-state index in [1.54, 1.807) is 6.92 Å². The van der Waals surface area contributed by atoms with Crippen molar-refractivity contribution in [3.63, 3.8) is 0 Å². The number of aromatic nitrogens is 2. The van der Waals surface area contributed by atoms with E-state index in [1.807, 2.05) is 6.07 Å². The molecule has 3 aromatic rings. The lowest BCUT2D eigenvalue weighted by molar-refractivity contribution is -0.269. The van der Waals surface area contributed by atoms with Crippen LogP contribution < -0.4 is 20.9 Å². The molecule has 0 bridgehead atoms. The van der Waals surface area contributed by atoms with Crippen LogP contribution in [0.1, 0.15) is 35.0 Å². The van der Waals surface area contributed by atoms with Crippen molar-refractivity contribution >= 4 is 36.6 Å². The number of rotatable bonds is 11. The van der Waals surface area contributed by atoms with Gasteiger partial charge in [-0.15, -0.1) is 0 Å². The Kier molecular flexibility index (Phi) is 9.81. The van der Waals surface area contributed by atoms with Crippen LogP contribution in [0.5, 0.6) is 5.75 Å². The summed E-state index contributed by atoms with van der Waals surface area (Å²) < 4.78 is 66.7. The molecule has 11 nitrogen and oxygen atoms in total. The molecule has 0 aliphatic carbocycles. The first-order valence-corrected chi connectivity index (χ1v) is 18.0. The highest BCUT2D eigenvalue weighted by molar-refractivity contribution is 6.76. The smallest absolute Gasteiger partial charge is 0.429 e. The molecule has 1 unspecified atom stereocenters. The van der Waals surface area contributed by atoms with Crippen molar-refractivity contribution < 1.29 is 37.0 Å². The molecule has 3 N–H and O–H groups in total. The summed E-state index contributed by atoms with van der Waals surface area (Å²) >= 11 is 0. The molecule has 1 aromatic heterocycles. The fraction of sp³-hybridized carbons (Fsp3) is 0.467. The number of carbonyl (C=O) groups is 2. The van der Waals surface area contributed by atoms with Gasteiger partial charge in [0.2, 0.25) is 5.91 Å². The number of nitriles is 1. The van der Waals surface area contributed by atoms with E-state index in [4.69, 9.17) is 14.2 Å². The van der Waals surface area contributed by atoms with E-state index >= 15 is 13.2 Å². The SMILES string of the molecule is COc1cc(C)c2c(c1C(OCC(=O)NNC(C)=O)(c1nc3ccc(C#N)cc3n1COCC[Si](C)(C)C)C(F)(F)F)CCN2. The summed E-state index contributed by atoms with van der Waals surface area (Å²) in [6.07, 6.45) is -5.00. The number of hydrogen-bond acceptors (Lipinski definition) is 8. The fourth-order valence-electron chi connectivity index (χ4n) is 5.30. The second kappa shape index (κ2) is 13.1. The summed E-state index contributed by atoms with van der Waals surface area (Å²) in [5.41, 5.74) is 2.49. The van der Waals surface area contributed by atoms with Crippen LogP contribution >= 0.6 is 0 Å². The molecule has 15 heteroatoms. The van der Waals surface area contributed by atoms with Gasteiger partial charge in [0.25, 0.3) is 11.5 Å². The summed E-state index contributed by atoms with van der Waals surface area (Å²) in [4.78, 5) is 28.6. The number of methoxy groups -OCH3 is 1. The van der Waals surface area contributed by atoms with Crippen LogP contribution in [0.25, 0.3) is 11.0 Å². The number of carbonyl (C=O) groups excluding carboxylic acids is 2. The van der Waals surface area contributed by atoms with Crippen molar-refractivity contribution in [3.05, 3.63) is 52.3 Å². The first-order chi connectivity index (χ1) is 21.1. The number of benzene rings is 2. The third-order valence-corrected chi connectivity index (χ3v) is 9.15. The zero-order valence-electron chi connectivity index (χ0n) is 26.1. The molecule has 0 saturated heterocycles. The molecule has 0 radical (unpaired) electrons. The predicted octanol–water partition coefficient (Wildman–Crippen LogP) is 4.50. The van der Waals surface area contributed by atoms with E-state index in [9.17, 15) is 14.9 Å². The standard InChI is InChI=1S/C30H37F3N6O5Si/c1-18-13-24(42-3)26(21-9-10-35-27(18)21)29(30(31,32)33,44-16-25(41)38-37-19(2)40)28-36-22-8-7-20(15-34)14-23(22)39(28)17-43-11-12-45(4,5)6/h7-8,13-14,35H,9-12,16-17H2,1-6H3,(H,37,40)(H,38,41). The number of hydrogen-bond donors (Lipinski definition) is 3. The molecule has 1 atom stereocenters. The van der Waals surface area contributed by atoms with E-state index < -0.39 is 44.1 Å². The third kappa shape index (κ3) is 6.92. The van der Waals surface area contributed by atoms with E-state index in [1.165, 1.54) is 35.9 Å². The highest BCUT2D eigenvalue weighted by Gasteiger charge is 2.64. The molecule has 2 aromatic carbocycles. The van der Waals surface area contributed by atoms with Crippen LogP contribution in [-0.2, 0) is 37.8 Å². The van der Waals surface area contributed by atoms with Gasteiger partial charge >= 0.3 is 6.18 Å². The summed E-state index contributed by atoms with van der Waals surface area (Å²) in [5.74, 6) is -2.36. The highest BCUT2D eigenvalue weighted by atomic mass is 28.3. The first-order valence-electron chi connectivity index (χ1n) is 14.3. The number of halogens is 3. The number of imidazole rings is 1. The van der Waals surface area contributed by atoms with Crippen molar-refractivity contribution in [1.29, 1.82) is 5.26 Å². The van der Waals surface area contributed by atoms with Gasteiger partial charge in [-0.05, 0) is 54.8 Å². The minimum atomic E-state index is -5.21. The molecular weight excluding hydrogens is 609 g/mol. The number of fused-ring (bicyclic) bond motifs is 2. The molecular formula is C30H37F3N6O5Si. The van der Waals surface area contributed by atoms with Gasteiger partial charge < -0.3 is 24.1 Å². The number of aryl methyl sites for hydroxylation is 1. The van der Waals surface area contributed by atoms with E-state index in [0.29, 0.717) is 30.0 Å². The van der Waals surface area contributed by atoms with Crippen LogP contribution in [0.4, 0.5) is 18.9 Å². The molecule has 4 rings (SSSR count). The Bertz CT molecular complexity index is 1650. The Balaban J connectivity index is 2.03. The Morgan fingerprint density at radius 2 is 1.93 bits per heavy atom. The molecule has 45 heavy (non-hydrogen) atoms. The molecule has 0 saturated carbocycles. The first kappa shape index (κ1) is 33.8. The van der Waals surface area contributed by atoms with Crippen molar-refractivity contribution in [2.24, 2.45) is 0 Å². The number of ether oxygens (including phenoxy) is 3. The second-order valence-electron chi connectivity index (χ2n) is 12.0. The van der Waals surface area contributed by atoms with Crippen molar-refractivity contribution in [1.82, 2.24) is 20.4 Å². The largest absolute Gasteiger partial charge is 0.496 e. The Labute approximate surface area is 260 Å². The molecule has 2 amide bonds. The lowest BCUT2D eigenvalue weighted by atomic mass is 9.84. The van der Waals surface area contributed by atoms with Crippen LogP contribution in [0.3, 0.4) is 0 Å². The lowest BCUT2D eigenvalue weighted by Gasteiger charge is -2.38. The number of nitrogens with one attached hydrogen (secondary N) is 3. The molecule has 0 spiro atoms. The Hall–Kier alpha value is -4.13. The Morgan fingerprint density at radius 3 is 2.56 bits per heavy atom. The van der Waals surface area contributed by atoms with Gasteiger partial charge in [-0.25, -0.2) is 4.98 Å². The molecule has 2 heterocycles. The lowest BCUT2D eigenvalue weighted by Crippen LogP contribution is -2.51. The number of anilines is 1. The highest BCUT2D eigenvalue weighted by Crippen LogP contribution is 2.54. The zero-order valence-corrected chi connectivity index (χ0v) is 27.1. The van der Waals surface area contributed by atoms with Crippen LogP contribution in [-0.4, -0.2) is 62.5 Å². The average molecular weight is 647 g/mol. The van der Waals surface area contributed by atoms with Gasteiger partial charge in [0, 0.05) is 39.4 Å². The van der Waals surface area contributed by atoms with Crippen LogP contribution in [0, 0.1) is 18.3 Å². The van der Waals surface area contributed by atoms with E-state index in [-0.39, 0.29) is 41.1 Å². The van der Waals surface area contributed by atoms with Gasteiger partial charge in [0.05, 0.1) is 29.8 Å². The summed E-state index contributed by atoms with van der Waals surface area (Å²) in [7, 11) is -0.284. The maximum absolute atomic E-state index is 16.1. The van der Waals surface area contributed by atoms with E-state index in [0.717, 1.165) is 13.0 Å². The maximum Gasteiger partial charge on any atom is 0.429 e. The molecule has 242 valence electrons. The summed E-state index contributed by atoms with van der Waals surface area (Å²) in [6.45, 7) is 8.57. The van der Waals surface area contributed by atoms with Crippen molar-refractivity contribution in [2.45, 2.75) is 64.5 Å². The number of hydrazine groups is 1. The third-order valence-electron chi connectivity index (χ3n) is 7.45. The number of amides is 2. The second-order valence-corrected chi connectivity index (χ2v) is 17.6. The fourth-order valence-corrected chi connectivity index (χ4v) is 6.06. The van der Waals surface area contributed by atoms with Crippen LogP contribution in [0.2, 0.25) is 25.7 Å². The maximum atomic E-state index is 16.1. The quantitative estimate of drug-likeness (QED) is 0.157. The summed E-state index contributed by atoms with van der Waals surface area (Å²) in [6, 6.07) is 8.62. The van der Waals surface area contributed by atoms with Gasteiger partial charge in [0.15, 0.2) is 5.82 Å². The number of alkyl halides is 3. The molecule has 0 fully saturated rings. The monoisotopic (exact) mass is 646 g/mol. The Morgan fingerprint density at radius 1 is 1.20 bits per heavy atom.